The first-order chi connectivity index (χ1) is 29.7. The first-order valence-corrected chi connectivity index (χ1v) is 20.6. The largest absolute Gasteiger partial charge is 0.481 e. The SMILES string of the molecule is C#CCOC(=O)COc1c2cc(C(C)(C)C)cc1COCc1cc(C(C)(C)C)cc(c1OCC(=O)OCC#C)COCc1cc(C(C)(C)C)cc(c1OCC(=O)OCC#C)COC2. The molecule has 12 heteroatoms. The van der Waals surface area contributed by atoms with Crippen molar-refractivity contribution in [3.05, 3.63) is 86.5 Å². The number of hydrogen-bond acceptors (Lipinski definition) is 12. The molecule has 0 saturated carbocycles. The van der Waals surface area contributed by atoms with E-state index in [2.05, 4.69) is 80.1 Å². The van der Waals surface area contributed by atoms with Crippen molar-refractivity contribution in [2.24, 2.45) is 0 Å². The lowest BCUT2D eigenvalue weighted by molar-refractivity contribution is -0.145. The van der Waals surface area contributed by atoms with Crippen LogP contribution >= 0.6 is 0 Å². The molecule has 0 fully saturated rings. The second kappa shape index (κ2) is 22.4. The van der Waals surface area contributed by atoms with E-state index in [1.54, 1.807) is 0 Å². The summed E-state index contributed by atoms with van der Waals surface area (Å²) in [4.78, 5) is 38.2. The standard InChI is InChI=1S/C51H60O12/c1-13-16-58-43(52)31-61-46-34-19-40(49(4,5)6)20-35(46)26-56-28-37-22-42(51(10,11)12)24-39(48(37)63-33-45(54)60-18-15-3)30-57-29-38-23-41(50(7,8)9)21-36(27-55-25-34)47(38)62-32-44(53)59-17-14-2/h1-3,19-24H,16-18,25-33H2,4-12H3. The van der Waals surface area contributed by atoms with Gasteiger partial charge in [-0.1, -0.05) is 80.1 Å². The average molecular weight is 865 g/mol. The molecule has 1 heterocycles. The van der Waals surface area contributed by atoms with Crippen LogP contribution in [0.5, 0.6) is 17.2 Å². The molecule has 0 atom stereocenters. The molecule has 63 heavy (non-hydrogen) atoms. The number of carbonyl (C=O) groups excluding carboxylic acids is 3. The van der Waals surface area contributed by atoms with E-state index < -0.39 is 37.7 Å². The summed E-state index contributed by atoms with van der Waals surface area (Å²) in [5.41, 5.74) is 5.82. The van der Waals surface area contributed by atoms with Gasteiger partial charge < -0.3 is 42.6 Å². The van der Waals surface area contributed by atoms with Crippen LogP contribution in [0.1, 0.15) is 112 Å². The molecule has 3 aromatic carbocycles. The number of ether oxygens (including phenoxy) is 9. The quantitative estimate of drug-likeness (QED) is 0.100. The van der Waals surface area contributed by atoms with Crippen LogP contribution in [-0.4, -0.2) is 57.5 Å². The van der Waals surface area contributed by atoms with E-state index in [9.17, 15) is 14.4 Å². The van der Waals surface area contributed by atoms with Gasteiger partial charge in [0.15, 0.2) is 39.6 Å². The van der Waals surface area contributed by atoms with Crippen molar-refractivity contribution in [3.8, 4) is 54.3 Å². The lowest BCUT2D eigenvalue weighted by Crippen LogP contribution is -2.20. The predicted molar refractivity (Wildman–Crippen MR) is 237 cm³/mol. The third-order valence-corrected chi connectivity index (χ3v) is 9.82. The van der Waals surface area contributed by atoms with Crippen molar-refractivity contribution in [2.45, 2.75) is 118 Å². The number of carbonyl (C=O) groups is 3. The highest BCUT2D eigenvalue weighted by Crippen LogP contribution is 2.38. The van der Waals surface area contributed by atoms with Crippen LogP contribution in [0.15, 0.2) is 36.4 Å². The molecule has 0 aliphatic carbocycles. The van der Waals surface area contributed by atoms with E-state index in [4.69, 9.17) is 61.9 Å². The van der Waals surface area contributed by atoms with Crippen LogP contribution < -0.4 is 14.2 Å². The molecule has 0 amide bonds. The van der Waals surface area contributed by atoms with Gasteiger partial charge in [0.05, 0.1) is 39.6 Å². The Morgan fingerprint density at radius 3 is 0.825 bits per heavy atom. The van der Waals surface area contributed by atoms with E-state index in [0.717, 1.165) is 16.7 Å². The monoisotopic (exact) mass is 864 g/mol. The van der Waals surface area contributed by atoms with Crippen LogP contribution in [-0.2, 0) is 98.7 Å². The fraction of sp³-hybridized carbons (Fsp3) is 0.471. The minimum atomic E-state index is -0.647. The Morgan fingerprint density at radius 1 is 0.444 bits per heavy atom. The van der Waals surface area contributed by atoms with Gasteiger partial charge in [-0.2, -0.15) is 0 Å². The van der Waals surface area contributed by atoms with Gasteiger partial charge in [-0.05, 0) is 69.3 Å². The zero-order valence-corrected chi connectivity index (χ0v) is 38.1. The van der Waals surface area contributed by atoms with Gasteiger partial charge in [-0.15, -0.1) is 19.3 Å². The summed E-state index contributed by atoms with van der Waals surface area (Å²) in [7, 11) is 0. The molecule has 0 unspecified atom stereocenters. The highest BCUT2D eigenvalue weighted by atomic mass is 16.6. The van der Waals surface area contributed by atoms with Crippen molar-refractivity contribution in [2.75, 3.05) is 39.6 Å². The highest BCUT2D eigenvalue weighted by molar-refractivity contribution is 5.72. The summed E-state index contributed by atoms with van der Waals surface area (Å²) in [5.74, 6) is 6.08. The first kappa shape index (κ1) is 49.7. The van der Waals surface area contributed by atoms with Crippen LogP contribution in [0.25, 0.3) is 0 Å². The maximum Gasteiger partial charge on any atom is 0.345 e. The van der Waals surface area contributed by atoms with Gasteiger partial charge in [0.2, 0.25) is 0 Å². The number of hydrogen-bond donors (Lipinski definition) is 0. The molecule has 12 nitrogen and oxygen atoms in total. The van der Waals surface area contributed by atoms with Crippen LogP contribution in [0.3, 0.4) is 0 Å². The maximum atomic E-state index is 12.7. The fourth-order valence-electron chi connectivity index (χ4n) is 6.46. The third kappa shape index (κ3) is 14.8. The van der Waals surface area contributed by atoms with E-state index in [1.807, 2.05) is 36.4 Å². The highest BCUT2D eigenvalue weighted by Gasteiger charge is 2.26. The van der Waals surface area contributed by atoms with Crippen molar-refractivity contribution in [1.82, 2.24) is 0 Å². The number of esters is 3. The van der Waals surface area contributed by atoms with E-state index in [1.165, 1.54) is 0 Å². The summed E-state index contributed by atoms with van der Waals surface area (Å²) in [5, 5.41) is 0. The minimum Gasteiger partial charge on any atom is -0.481 e. The number of terminal acetylenes is 3. The lowest BCUT2D eigenvalue weighted by Gasteiger charge is -2.26. The van der Waals surface area contributed by atoms with E-state index >= 15 is 0 Å². The van der Waals surface area contributed by atoms with Gasteiger partial charge >= 0.3 is 17.9 Å². The maximum absolute atomic E-state index is 12.7. The summed E-state index contributed by atoms with van der Waals surface area (Å²) >= 11 is 0. The van der Waals surface area contributed by atoms with Crippen molar-refractivity contribution in [3.63, 3.8) is 0 Å². The zero-order valence-electron chi connectivity index (χ0n) is 38.1. The molecule has 0 N–H and O–H groups in total. The molecule has 336 valence electrons. The number of benzene rings is 3. The lowest BCUT2D eigenvalue weighted by atomic mass is 9.84. The van der Waals surface area contributed by atoms with Crippen LogP contribution in [0, 0.1) is 37.0 Å². The topological polar surface area (TPSA) is 134 Å². The Balaban J connectivity index is 1.97. The average Bonchev–Trinajstić information content (AvgIpc) is 3.21. The Labute approximate surface area is 372 Å². The Bertz CT molecular complexity index is 1900. The minimum absolute atomic E-state index is 0.0473. The second-order valence-electron chi connectivity index (χ2n) is 18.1. The molecule has 1 aliphatic rings. The summed E-state index contributed by atoms with van der Waals surface area (Å²) in [6.45, 7) is 17.2. The van der Waals surface area contributed by atoms with Crippen molar-refractivity contribution < 1.29 is 57.0 Å². The van der Waals surface area contributed by atoms with Crippen LogP contribution in [0.2, 0.25) is 0 Å². The molecular weight excluding hydrogens is 805 g/mol. The van der Waals surface area contributed by atoms with Gasteiger partial charge in [0.25, 0.3) is 0 Å². The number of fused-ring (bicyclic) bond motifs is 6. The molecular formula is C51H60O12. The fourth-order valence-corrected chi connectivity index (χ4v) is 6.46. The smallest absolute Gasteiger partial charge is 0.345 e. The summed E-state index contributed by atoms with van der Waals surface area (Å²) in [6, 6.07) is 11.9. The third-order valence-electron chi connectivity index (χ3n) is 9.82. The first-order valence-electron chi connectivity index (χ1n) is 20.6. The van der Waals surface area contributed by atoms with E-state index in [-0.39, 0.29) is 75.7 Å². The van der Waals surface area contributed by atoms with Crippen molar-refractivity contribution in [1.29, 1.82) is 0 Å². The van der Waals surface area contributed by atoms with Crippen LogP contribution in [0.4, 0.5) is 0 Å². The Morgan fingerprint density at radius 2 is 0.651 bits per heavy atom. The normalized spacial score (nSPS) is 13.4. The molecule has 4 rings (SSSR count). The van der Waals surface area contributed by atoms with Gasteiger partial charge in [0.1, 0.15) is 17.2 Å². The second-order valence-corrected chi connectivity index (χ2v) is 18.1. The van der Waals surface area contributed by atoms with Gasteiger partial charge in [-0.25, -0.2) is 14.4 Å². The Kier molecular flexibility index (Phi) is 17.7. The number of rotatable bonds is 12. The molecule has 3 aromatic rings. The zero-order chi connectivity index (χ0) is 46.4. The van der Waals surface area contributed by atoms with Gasteiger partial charge in [0, 0.05) is 33.4 Å². The molecule has 1 aliphatic heterocycles. The molecule has 0 saturated heterocycles. The molecule has 0 spiro atoms. The van der Waals surface area contributed by atoms with E-state index in [0.29, 0.717) is 50.6 Å². The summed E-state index contributed by atoms with van der Waals surface area (Å²) in [6.07, 6.45) is 16.0. The van der Waals surface area contributed by atoms with Crippen molar-refractivity contribution >= 4 is 17.9 Å². The molecule has 6 bridgehead atoms. The summed E-state index contributed by atoms with van der Waals surface area (Å²) < 4.78 is 53.6. The predicted octanol–water partition coefficient (Wildman–Crippen LogP) is 7.71. The van der Waals surface area contributed by atoms with Gasteiger partial charge in [-0.3, -0.25) is 0 Å². The molecule has 0 aromatic heterocycles. The molecule has 0 radical (unpaired) electrons. The Hall–Kier alpha value is -5.97.